The van der Waals surface area contributed by atoms with Gasteiger partial charge in [-0.05, 0) is 34.6 Å². The third-order valence-corrected chi connectivity index (χ3v) is 6.53. The minimum absolute atomic E-state index is 0.00174. The predicted octanol–water partition coefficient (Wildman–Crippen LogP) is 4.70. The topological polar surface area (TPSA) is 105 Å². The highest BCUT2D eigenvalue weighted by Crippen LogP contribution is 2.44. The molecule has 0 spiro atoms. The number of carboxylic acid groups (broad SMARTS) is 1. The van der Waals surface area contributed by atoms with E-state index < -0.39 is 30.1 Å². The molecule has 182 valence electrons. The van der Waals surface area contributed by atoms with E-state index in [1.807, 2.05) is 38.1 Å². The minimum Gasteiger partial charge on any atom is -0.480 e. The normalized spacial score (nSPS) is 14.9. The van der Waals surface area contributed by atoms with Crippen LogP contribution in [0.1, 0.15) is 63.5 Å². The van der Waals surface area contributed by atoms with Gasteiger partial charge in [-0.25, -0.2) is 9.59 Å². The first-order chi connectivity index (χ1) is 16.3. The number of ether oxygens (including phenoxy) is 1. The zero-order valence-corrected chi connectivity index (χ0v) is 20.0. The van der Waals surface area contributed by atoms with Gasteiger partial charge in [0.15, 0.2) is 0 Å². The first-order valence-corrected chi connectivity index (χ1v) is 12.0. The molecule has 3 N–H and O–H groups in total. The molecule has 0 fully saturated rings. The molecule has 3 atom stereocenters. The van der Waals surface area contributed by atoms with Gasteiger partial charge in [0.25, 0.3) is 0 Å². The summed E-state index contributed by atoms with van der Waals surface area (Å²) >= 11 is 0. The third-order valence-electron chi connectivity index (χ3n) is 6.53. The second kappa shape index (κ2) is 11.7. The monoisotopic (exact) mass is 466 g/mol. The predicted molar refractivity (Wildman–Crippen MR) is 131 cm³/mol. The summed E-state index contributed by atoms with van der Waals surface area (Å²) in [5, 5.41) is 14.8. The summed E-state index contributed by atoms with van der Waals surface area (Å²) in [4.78, 5) is 36.6. The lowest BCUT2D eigenvalue weighted by atomic mass is 9.98. The van der Waals surface area contributed by atoms with Gasteiger partial charge >= 0.3 is 12.1 Å². The van der Waals surface area contributed by atoms with Crippen LogP contribution in [0.2, 0.25) is 0 Å². The van der Waals surface area contributed by atoms with E-state index in [4.69, 9.17) is 4.74 Å². The van der Waals surface area contributed by atoms with Crippen LogP contribution in [0.3, 0.4) is 0 Å². The SMILES string of the molecule is CCC[C@H](CC(=O)NC(C(=O)O)C(C)CC)NC(=O)OCC1c2ccccc2-c2ccccc21. The van der Waals surface area contributed by atoms with Gasteiger partial charge in [-0.3, -0.25) is 4.79 Å². The molecule has 3 rings (SSSR count). The Morgan fingerprint density at radius 2 is 1.56 bits per heavy atom. The summed E-state index contributed by atoms with van der Waals surface area (Å²) in [7, 11) is 0. The Balaban J connectivity index is 1.59. The van der Waals surface area contributed by atoms with Crippen LogP contribution >= 0.6 is 0 Å². The van der Waals surface area contributed by atoms with Crippen molar-refractivity contribution in [3.63, 3.8) is 0 Å². The number of carboxylic acids is 1. The van der Waals surface area contributed by atoms with E-state index in [0.29, 0.717) is 12.8 Å². The summed E-state index contributed by atoms with van der Waals surface area (Å²) in [6.07, 6.45) is 1.39. The van der Waals surface area contributed by atoms with E-state index in [0.717, 1.165) is 28.7 Å². The molecular weight excluding hydrogens is 432 g/mol. The van der Waals surface area contributed by atoms with Crippen molar-refractivity contribution in [2.45, 2.75) is 64.5 Å². The van der Waals surface area contributed by atoms with Gasteiger partial charge in [0.1, 0.15) is 12.6 Å². The van der Waals surface area contributed by atoms with Gasteiger partial charge in [-0.1, -0.05) is 82.1 Å². The summed E-state index contributed by atoms with van der Waals surface area (Å²) in [5.41, 5.74) is 4.57. The number of carbonyl (C=O) groups excluding carboxylic acids is 2. The zero-order valence-electron chi connectivity index (χ0n) is 20.0. The lowest BCUT2D eigenvalue weighted by Crippen LogP contribution is -2.47. The Kier molecular flexibility index (Phi) is 8.68. The minimum atomic E-state index is -1.06. The van der Waals surface area contributed by atoms with Crippen molar-refractivity contribution in [2.24, 2.45) is 5.92 Å². The van der Waals surface area contributed by atoms with E-state index in [1.165, 1.54) is 0 Å². The molecule has 0 aliphatic heterocycles. The quantitative estimate of drug-likeness (QED) is 0.445. The van der Waals surface area contributed by atoms with Crippen molar-refractivity contribution < 1.29 is 24.2 Å². The van der Waals surface area contributed by atoms with Gasteiger partial charge in [0, 0.05) is 18.4 Å². The number of rotatable bonds is 11. The molecule has 2 amide bonds. The number of carbonyl (C=O) groups is 3. The second-order valence-electron chi connectivity index (χ2n) is 8.93. The average molecular weight is 467 g/mol. The summed E-state index contributed by atoms with van der Waals surface area (Å²) in [5.74, 6) is -1.69. The van der Waals surface area contributed by atoms with Crippen molar-refractivity contribution in [3.05, 3.63) is 59.7 Å². The lowest BCUT2D eigenvalue weighted by Gasteiger charge is -2.23. The Morgan fingerprint density at radius 1 is 0.971 bits per heavy atom. The van der Waals surface area contributed by atoms with E-state index >= 15 is 0 Å². The molecule has 2 aromatic carbocycles. The number of fused-ring (bicyclic) bond motifs is 3. The van der Waals surface area contributed by atoms with Crippen LogP contribution in [-0.4, -0.2) is 41.8 Å². The molecule has 0 saturated carbocycles. The van der Waals surface area contributed by atoms with Gasteiger partial charge in [-0.2, -0.15) is 0 Å². The number of benzene rings is 2. The maximum Gasteiger partial charge on any atom is 0.407 e. The molecule has 1 aliphatic rings. The fourth-order valence-electron chi connectivity index (χ4n) is 4.52. The third kappa shape index (κ3) is 5.95. The van der Waals surface area contributed by atoms with Crippen LogP contribution in [-0.2, 0) is 14.3 Å². The van der Waals surface area contributed by atoms with Crippen LogP contribution < -0.4 is 10.6 Å². The summed E-state index contributed by atoms with van der Waals surface area (Å²) in [6.45, 7) is 5.83. The highest BCUT2D eigenvalue weighted by atomic mass is 16.5. The molecule has 0 heterocycles. The number of hydrogen-bond donors (Lipinski definition) is 3. The van der Waals surface area contributed by atoms with Crippen LogP contribution in [0.4, 0.5) is 4.79 Å². The zero-order chi connectivity index (χ0) is 24.7. The fourth-order valence-corrected chi connectivity index (χ4v) is 4.52. The molecule has 0 bridgehead atoms. The van der Waals surface area contributed by atoms with Crippen molar-refractivity contribution in [1.29, 1.82) is 0 Å². The van der Waals surface area contributed by atoms with E-state index in [2.05, 4.69) is 34.9 Å². The molecule has 0 saturated heterocycles. The fraction of sp³-hybridized carbons (Fsp3) is 0.444. The largest absolute Gasteiger partial charge is 0.480 e. The molecule has 1 aliphatic carbocycles. The van der Waals surface area contributed by atoms with Crippen molar-refractivity contribution >= 4 is 18.0 Å². The Labute approximate surface area is 200 Å². The van der Waals surface area contributed by atoms with Crippen molar-refractivity contribution in [1.82, 2.24) is 10.6 Å². The lowest BCUT2D eigenvalue weighted by molar-refractivity contribution is -0.143. The molecule has 0 aromatic heterocycles. The number of amides is 2. The van der Waals surface area contributed by atoms with E-state index in [9.17, 15) is 19.5 Å². The van der Waals surface area contributed by atoms with Gasteiger partial charge < -0.3 is 20.5 Å². The maximum absolute atomic E-state index is 12.6. The van der Waals surface area contributed by atoms with Crippen LogP contribution in [0.15, 0.2) is 48.5 Å². The first-order valence-electron chi connectivity index (χ1n) is 12.0. The van der Waals surface area contributed by atoms with E-state index in [1.54, 1.807) is 6.92 Å². The van der Waals surface area contributed by atoms with Crippen LogP contribution in [0.25, 0.3) is 11.1 Å². The molecule has 7 nitrogen and oxygen atoms in total. The number of aliphatic carboxylic acids is 1. The summed E-state index contributed by atoms with van der Waals surface area (Å²) in [6, 6.07) is 14.9. The van der Waals surface area contributed by atoms with Crippen LogP contribution in [0.5, 0.6) is 0 Å². The molecule has 0 radical (unpaired) electrons. The molecule has 2 aromatic rings. The number of nitrogens with one attached hydrogen (secondary N) is 2. The second-order valence-corrected chi connectivity index (χ2v) is 8.93. The van der Waals surface area contributed by atoms with Gasteiger partial charge in [0.2, 0.25) is 5.91 Å². The smallest absolute Gasteiger partial charge is 0.407 e. The Hall–Kier alpha value is -3.35. The molecule has 34 heavy (non-hydrogen) atoms. The molecule has 7 heteroatoms. The maximum atomic E-state index is 12.6. The highest BCUT2D eigenvalue weighted by Gasteiger charge is 2.30. The van der Waals surface area contributed by atoms with Crippen molar-refractivity contribution in [3.8, 4) is 11.1 Å². The molecule has 2 unspecified atom stereocenters. The number of alkyl carbamates (subject to hydrolysis) is 1. The standard InChI is InChI=1S/C27H34N2O5/c1-4-10-18(15-24(30)29-25(26(31)32)17(3)5-2)28-27(33)34-16-23-21-13-8-6-11-19(21)20-12-7-9-14-22(20)23/h6-9,11-14,17-18,23,25H,4-5,10,15-16H2,1-3H3,(H,28,33)(H,29,30)(H,31,32)/t17?,18-,25?/m1/s1. The first kappa shape index (κ1) is 25.3. The highest BCUT2D eigenvalue weighted by molar-refractivity contribution is 5.84. The number of hydrogen-bond acceptors (Lipinski definition) is 4. The summed E-state index contributed by atoms with van der Waals surface area (Å²) < 4.78 is 5.60. The molecular formula is C27H34N2O5. The van der Waals surface area contributed by atoms with Gasteiger partial charge in [0.05, 0.1) is 0 Å². The van der Waals surface area contributed by atoms with Crippen molar-refractivity contribution in [2.75, 3.05) is 6.61 Å². The average Bonchev–Trinajstić information content (AvgIpc) is 3.14. The Morgan fingerprint density at radius 3 is 2.09 bits per heavy atom. The van der Waals surface area contributed by atoms with E-state index in [-0.39, 0.29) is 24.9 Å². The van der Waals surface area contributed by atoms with Crippen LogP contribution in [0, 0.1) is 5.92 Å². The van der Waals surface area contributed by atoms with Gasteiger partial charge in [-0.15, -0.1) is 0 Å². The Bertz CT molecular complexity index is 976.